The third-order valence-corrected chi connectivity index (χ3v) is 2.70. The van der Waals surface area contributed by atoms with Crippen molar-refractivity contribution in [3.63, 3.8) is 0 Å². The average Bonchev–Trinajstić information content (AvgIpc) is 2.27. The van der Waals surface area contributed by atoms with Gasteiger partial charge in [0.15, 0.2) is 0 Å². The molecule has 1 unspecified atom stereocenters. The molecule has 2 nitrogen and oxygen atoms in total. The molecule has 0 aliphatic carbocycles. The average molecular weight is 206 g/mol. The van der Waals surface area contributed by atoms with Gasteiger partial charge in [-0.15, -0.1) is 0 Å². The molecule has 1 aromatic rings. The van der Waals surface area contributed by atoms with Crippen molar-refractivity contribution >= 4 is 0 Å². The van der Waals surface area contributed by atoms with Crippen molar-refractivity contribution in [3.05, 3.63) is 35.9 Å². The van der Waals surface area contributed by atoms with Gasteiger partial charge in [0, 0.05) is 12.6 Å². The SMILES string of the molecule is CCC(N)CCN(C)Cc1ccccc1. The van der Waals surface area contributed by atoms with Crippen LogP contribution in [0.2, 0.25) is 0 Å². The van der Waals surface area contributed by atoms with Crippen molar-refractivity contribution < 1.29 is 0 Å². The standard InChI is InChI=1S/C13H22N2/c1-3-13(14)9-10-15(2)11-12-7-5-4-6-8-12/h4-8,13H,3,9-11,14H2,1-2H3. The molecule has 1 rings (SSSR count). The third kappa shape index (κ3) is 4.96. The summed E-state index contributed by atoms with van der Waals surface area (Å²) in [5.41, 5.74) is 7.25. The van der Waals surface area contributed by atoms with E-state index in [0.29, 0.717) is 6.04 Å². The zero-order chi connectivity index (χ0) is 11.1. The normalized spacial score (nSPS) is 13.1. The van der Waals surface area contributed by atoms with E-state index in [-0.39, 0.29) is 0 Å². The highest BCUT2D eigenvalue weighted by atomic mass is 15.1. The predicted octanol–water partition coefficient (Wildman–Crippen LogP) is 2.25. The lowest BCUT2D eigenvalue weighted by atomic mass is 10.1. The van der Waals surface area contributed by atoms with Crippen LogP contribution in [0.4, 0.5) is 0 Å². The van der Waals surface area contributed by atoms with Gasteiger partial charge in [0.25, 0.3) is 0 Å². The molecule has 2 N–H and O–H groups in total. The fourth-order valence-corrected chi connectivity index (χ4v) is 1.56. The van der Waals surface area contributed by atoms with Gasteiger partial charge in [0.05, 0.1) is 0 Å². The second-order valence-corrected chi connectivity index (χ2v) is 4.18. The van der Waals surface area contributed by atoms with E-state index in [1.165, 1.54) is 5.56 Å². The number of hydrogen-bond acceptors (Lipinski definition) is 2. The molecule has 0 heterocycles. The van der Waals surface area contributed by atoms with Gasteiger partial charge in [-0.3, -0.25) is 0 Å². The Kier molecular flexibility index (Phi) is 5.37. The topological polar surface area (TPSA) is 29.3 Å². The van der Waals surface area contributed by atoms with Gasteiger partial charge in [0.2, 0.25) is 0 Å². The van der Waals surface area contributed by atoms with Crippen LogP contribution in [0, 0.1) is 0 Å². The summed E-state index contributed by atoms with van der Waals surface area (Å²) in [4.78, 5) is 2.32. The van der Waals surface area contributed by atoms with Crippen molar-refractivity contribution in [1.82, 2.24) is 4.90 Å². The van der Waals surface area contributed by atoms with Crippen LogP contribution in [0.3, 0.4) is 0 Å². The first-order valence-corrected chi connectivity index (χ1v) is 5.70. The second kappa shape index (κ2) is 6.59. The molecule has 0 spiro atoms. The molecule has 0 aliphatic rings. The Labute approximate surface area is 93.1 Å². The highest BCUT2D eigenvalue weighted by molar-refractivity contribution is 5.14. The molecule has 0 saturated carbocycles. The molecule has 2 heteroatoms. The number of nitrogens with two attached hydrogens (primary N) is 1. The van der Waals surface area contributed by atoms with E-state index in [0.717, 1.165) is 25.9 Å². The van der Waals surface area contributed by atoms with Crippen LogP contribution in [0.1, 0.15) is 25.3 Å². The molecular weight excluding hydrogens is 184 g/mol. The lowest BCUT2D eigenvalue weighted by molar-refractivity contribution is 0.309. The summed E-state index contributed by atoms with van der Waals surface area (Å²) in [6, 6.07) is 10.9. The smallest absolute Gasteiger partial charge is 0.0230 e. The molecule has 0 radical (unpaired) electrons. The fourth-order valence-electron chi connectivity index (χ4n) is 1.56. The van der Waals surface area contributed by atoms with Crippen LogP contribution < -0.4 is 5.73 Å². The molecule has 0 bridgehead atoms. The fraction of sp³-hybridized carbons (Fsp3) is 0.538. The van der Waals surface area contributed by atoms with Gasteiger partial charge in [-0.1, -0.05) is 37.3 Å². The maximum Gasteiger partial charge on any atom is 0.0230 e. The van der Waals surface area contributed by atoms with Crippen molar-refractivity contribution in [2.45, 2.75) is 32.4 Å². The van der Waals surface area contributed by atoms with Gasteiger partial charge in [0.1, 0.15) is 0 Å². The minimum atomic E-state index is 0.350. The van der Waals surface area contributed by atoms with Crippen molar-refractivity contribution in [1.29, 1.82) is 0 Å². The largest absolute Gasteiger partial charge is 0.328 e. The lowest BCUT2D eigenvalue weighted by Gasteiger charge is -2.18. The first-order chi connectivity index (χ1) is 7.22. The van der Waals surface area contributed by atoms with Crippen LogP contribution in [-0.4, -0.2) is 24.5 Å². The van der Waals surface area contributed by atoms with Gasteiger partial charge in [-0.05, 0) is 32.0 Å². The Hall–Kier alpha value is -0.860. The highest BCUT2D eigenvalue weighted by Gasteiger charge is 2.03. The molecule has 1 aromatic carbocycles. The summed E-state index contributed by atoms with van der Waals surface area (Å²) < 4.78 is 0. The lowest BCUT2D eigenvalue weighted by Crippen LogP contribution is -2.27. The summed E-state index contributed by atoms with van der Waals surface area (Å²) in [6.45, 7) is 4.23. The van der Waals surface area contributed by atoms with Crippen LogP contribution >= 0.6 is 0 Å². The zero-order valence-electron chi connectivity index (χ0n) is 9.82. The van der Waals surface area contributed by atoms with Gasteiger partial charge in [-0.25, -0.2) is 0 Å². The maximum atomic E-state index is 5.89. The minimum Gasteiger partial charge on any atom is -0.328 e. The minimum absolute atomic E-state index is 0.350. The number of hydrogen-bond donors (Lipinski definition) is 1. The number of benzene rings is 1. The molecule has 0 amide bonds. The van der Waals surface area contributed by atoms with Crippen LogP contribution in [0.25, 0.3) is 0 Å². The summed E-state index contributed by atoms with van der Waals surface area (Å²) >= 11 is 0. The molecule has 0 aliphatic heterocycles. The summed E-state index contributed by atoms with van der Waals surface area (Å²) in [6.07, 6.45) is 2.15. The molecule has 84 valence electrons. The van der Waals surface area contributed by atoms with E-state index >= 15 is 0 Å². The van der Waals surface area contributed by atoms with E-state index in [2.05, 4.69) is 49.2 Å². The van der Waals surface area contributed by atoms with Crippen molar-refractivity contribution in [2.75, 3.05) is 13.6 Å². The Morgan fingerprint density at radius 3 is 2.53 bits per heavy atom. The molecule has 0 aromatic heterocycles. The van der Waals surface area contributed by atoms with Crippen LogP contribution in [0.5, 0.6) is 0 Å². The monoisotopic (exact) mass is 206 g/mol. The van der Waals surface area contributed by atoms with E-state index in [9.17, 15) is 0 Å². The van der Waals surface area contributed by atoms with Gasteiger partial charge >= 0.3 is 0 Å². The van der Waals surface area contributed by atoms with E-state index in [1.54, 1.807) is 0 Å². The van der Waals surface area contributed by atoms with Gasteiger partial charge < -0.3 is 10.6 Å². The highest BCUT2D eigenvalue weighted by Crippen LogP contribution is 2.04. The Bertz CT molecular complexity index is 258. The number of nitrogens with zero attached hydrogens (tertiary/aromatic N) is 1. The van der Waals surface area contributed by atoms with E-state index in [1.807, 2.05) is 0 Å². The third-order valence-electron chi connectivity index (χ3n) is 2.70. The number of rotatable bonds is 6. The molecule has 1 atom stereocenters. The Morgan fingerprint density at radius 1 is 1.27 bits per heavy atom. The van der Waals surface area contributed by atoms with E-state index < -0.39 is 0 Å². The first kappa shape index (κ1) is 12.2. The summed E-state index contributed by atoms with van der Waals surface area (Å²) in [7, 11) is 2.15. The van der Waals surface area contributed by atoms with Crippen molar-refractivity contribution in [3.8, 4) is 0 Å². The second-order valence-electron chi connectivity index (χ2n) is 4.18. The van der Waals surface area contributed by atoms with Crippen molar-refractivity contribution in [2.24, 2.45) is 5.73 Å². The molecule has 0 saturated heterocycles. The Balaban J connectivity index is 2.27. The first-order valence-electron chi connectivity index (χ1n) is 5.70. The summed E-state index contributed by atoms with van der Waals surface area (Å²) in [5, 5.41) is 0. The quantitative estimate of drug-likeness (QED) is 0.773. The summed E-state index contributed by atoms with van der Waals surface area (Å²) in [5.74, 6) is 0. The molecular formula is C13H22N2. The van der Waals surface area contributed by atoms with E-state index in [4.69, 9.17) is 5.73 Å². The van der Waals surface area contributed by atoms with Crippen LogP contribution in [-0.2, 0) is 6.54 Å². The Morgan fingerprint density at radius 2 is 1.93 bits per heavy atom. The maximum absolute atomic E-state index is 5.89. The van der Waals surface area contributed by atoms with Gasteiger partial charge in [-0.2, -0.15) is 0 Å². The molecule has 15 heavy (non-hydrogen) atoms. The zero-order valence-corrected chi connectivity index (χ0v) is 9.82. The molecule has 0 fully saturated rings. The predicted molar refractivity (Wildman–Crippen MR) is 65.7 cm³/mol. The van der Waals surface area contributed by atoms with Crippen LogP contribution in [0.15, 0.2) is 30.3 Å².